The van der Waals surface area contributed by atoms with E-state index >= 15 is 0 Å². The number of phenols is 1. The smallest absolute Gasteiger partial charge is 0.159 e. The number of aromatic nitrogens is 3. The first-order chi connectivity index (χ1) is 15.8. The maximum absolute atomic E-state index is 10.2. The van der Waals surface area contributed by atoms with Crippen LogP contribution >= 0.6 is 0 Å². The molecule has 154 valence electrons. The molecule has 1 N–H and O–H groups in total. The van der Waals surface area contributed by atoms with Crippen molar-refractivity contribution < 1.29 is 5.11 Å². The van der Waals surface area contributed by atoms with E-state index in [9.17, 15) is 5.11 Å². The third-order valence-electron chi connectivity index (χ3n) is 5.09. The van der Waals surface area contributed by atoms with Gasteiger partial charge in [0.2, 0.25) is 0 Å². The van der Waals surface area contributed by atoms with E-state index in [2.05, 4.69) is 27.0 Å². The molecule has 0 amide bonds. The number of hydrogen-bond donors (Lipinski definition) is 1. The lowest BCUT2D eigenvalue weighted by Gasteiger charge is -2.24. The molecular weight excluding hydrogens is 396 g/mol. The summed E-state index contributed by atoms with van der Waals surface area (Å²) in [6.45, 7) is 0. The Balaban J connectivity index is 1.59. The summed E-state index contributed by atoms with van der Waals surface area (Å²) in [7, 11) is 0. The van der Waals surface area contributed by atoms with Crippen molar-refractivity contribution in [3.63, 3.8) is 0 Å². The Hall–Kier alpha value is -4.51. The van der Waals surface area contributed by atoms with Crippen LogP contribution in [0.3, 0.4) is 0 Å². The molecule has 0 spiro atoms. The number of aromatic hydroxyl groups is 1. The molecule has 0 radical (unpaired) electrons. The van der Waals surface area contributed by atoms with Crippen LogP contribution in [-0.4, -0.2) is 20.1 Å². The lowest BCUT2D eigenvalue weighted by Crippen LogP contribution is -2.11. The van der Waals surface area contributed by atoms with Crippen molar-refractivity contribution in [1.82, 2.24) is 15.0 Å². The highest BCUT2D eigenvalue weighted by molar-refractivity contribution is 5.77. The fraction of sp³-hybridized carbons (Fsp3) is 0. The summed E-state index contributed by atoms with van der Waals surface area (Å²) in [5, 5.41) is 10.2. The SMILES string of the molecule is Oc1ccccc1-c1ccnc(-c2cccc(N(c3ccccc3)c3ccccn3)c2)n1. The van der Waals surface area contributed by atoms with Gasteiger partial charge in [-0.15, -0.1) is 0 Å². The molecule has 0 fully saturated rings. The number of phenolic OH excluding ortho intramolecular Hbond substituents is 1. The second-order valence-electron chi connectivity index (χ2n) is 7.19. The zero-order valence-electron chi connectivity index (χ0n) is 17.2. The lowest BCUT2D eigenvalue weighted by molar-refractivity contribution is 0.477. The molecule has 0 saturated heterocycles. The summed E-state index contributed by atoms with van der Waals surface area (Å²) in [6.07, 6.45) is 3.50. The van der Waals surface area contributed by atoms with Crippen LogP contribution in [0.25, 0.3) is 22.6 Å². The third-order valence-corrected chi connectivity index (χ3v) is 5.09. The molecule has 0 aliphatic rings. The van der Waals surface area contributed by atoms with Crippen molar-refractivity contribution in [2.24, 2.45) is 0 Å². The fourth-order valence-electron chi connectivity index (χ4n) is 3.60. The monoisotopic (exact) mass is 416 g/mol. The summed E-state index contributed by atoms with van der Waals surface area (Å²) in [6, 6.07) is 33.0. The average Bonchev–Trinajstić information content (AvgIpc) is 2.86. The van der Waals surface area contributed by atoms with E-state index in [0.717, 1.165) is 22.8 Å². The average molecular weight is 416 g/mol. The molecule has 5 aromatic rings. The first-order valence-electron chi connectivity index (χ1n) is 10.3. The van der Waals surface area contributed by atoms with E-state index < -0.39 is 0 Å². The van der Waals surface area contributed by atoms with E-state index in [0.29, 0.717) is 17.1 Å². The van der Waals surface area contributed by atoms with E-state index in [1.54, 1.807) is 30.6 Å². The number of para-hydroxylation sites is 2. The lowest BCUT2D eigenvalue weighted by atomic mass is 10.1. The van der Waals surface area contributed by atoms with Gasteiger partial charge in [0, 0.05) is 34.9 Å². The molecule has 3 aromatic carbocycles. The maximum Gasteiger partial charge on any atom is 0.159 e. The van der Waals surface area contributed by atoms with Gasteiger partial charge in [-0.3, -0.25) is 4.90 Å². The van der Waals surface area contributed by atoms with Crippen LogP contribution < -0.4 is 4.90 Å². The van der Waals surface area contributed by atoms with Crippen molar-refractivity contribution in [3.8, 4) is 28.4 Å². The van der Waals surface area contributed by atoms with Gasteiger partial charge in [0.05, 0.1) is 5.69 Å². The van der Waals surface area contributed by atoms with Gasteiger partial charge in [-0.1, -0.05) is 48.5 Å². The molecule has 2 heterocycles. The second kappa shape index (κ2) is 8.70. The number of pyridine rings is 1. The molecule has 0 aliphatic carbocycles. The van der Waals surface area contributed by atoms with E-state index in [4.69, 9.17) is 4.98 Å². The van der Waals surface area contributed by atoms with Crippen molar-refractivity contribution >= 4 is 17.2 Å². The fourth-order valence-corrected chi connectivity index (χ4v) is 3.60. The van der Waals surface area contributed by atoms with E-state index in [-0.39, 0.29) is 5.75 Å². The highest BCUT2D eigenvalue weighted by Gasteiger charge is 2.15. The minimum atomic E-state index is 0.191. The Morgan fingerprint density at radius 2 is 1.41 bits per heavy atom. The molecule has 0 bridgehead atoms. The summed E-state index contributed by atoms with van der Waals surface area (Å²) in [5.74, 6) is 1.60. The van der Waals surface area contributed by atoms with Gasteiger partial charge < -0.3 is 5.11 Å². The molecular formula is C27H20N4O. The first-order valence-corrected chi connectivity index (χ1v) is 10.3. The topological polar surface area (TPSA) is 62.1 Å². The number of rotatable bonds is 5. The first kappa shape index (κ1) is 19.5. The predicted octanol–water partition coefficient (Wildman–Crippen LogP) is 6.38. The highest BCUT2D eigenvalue weighted by atomic mass is 16.3. The zero-order valence-corrected chi connectivity index (χ0v) is 17.2. The van der Waals surface area contributed by atoms with Crippen LogP contribution in [0.5, 0.6) is 5.75 Å². The van der Waals surface area contributed by atoms with Crippen molar-refractivity contribution in [2.75, 3.05) is 4.90 Å². The van der Waals surface area contributed by atoms with Crippen molar-refractivity contribution in [2.45, 2.75) is 0 Å². The van der Waals surface area contributed by atoms with Gasteiger partial charge in [-0.2, -0.15) is 0 Å². The molecule has 5 heteroatoms. The van der Waals surface area contributed by atoms with Crippen LogP contribution in [0.4, 0.5) is 17.2 Å². The molecule has 0 aliphatic heterocycles. The number of benzene rings is 3. The Morgan fingerprint density at radius 1 is 0.625 bits per heavy atom. The molecule has 0 unspecified atom stereocenters. The second-order valence-corrected chi connectivity index (χ2v) is 7.19. The van der Waals surface area contributed by atoms with Crippen LogP contribution in [0.15, 0.2) is 116 Å². The van der Waals surface area contributed by atoms with Gasteiger partial charge in [0.15, 0.2) is 5.82 Å². The Morgan fingerprint density at radius 3 is 2.22 bits per heavy atom. The molecule has 2 aromatic heterocycles. The van der Waals surface area contributed by atoms with Crippen molar-refractivity contribution in [1.29, 1.82) is 0 Å². The summed E-state index contributed by atoms with van der Waals surface area (Å²) < 4.78 is 0. The zero-order chi connectivity index (χ0) is 21.8. The number of nitrogens with zero attached hydrogens (tertiary/aromatic N) is 4. The molecule has 5 rings (SSSR count). The van der Waals surface area contributed by atoms with Gasteiger partial charge in [0.1, 0.15) is 11.6 Å². The Bertz CT molecular complexity index is 1300. The maximum atomic E-state index is 10.2. The number of hydrogen-bond acceptors (Lipinski definition) is 5. The van der Waals surface area contributed by atoms with Crippen molar-refractivity contribution in [3.05, 3.63) is 116 Å². The minimum Gasteiger partial charge on any atom is -0.507 e. The minimum absolute atomic E-state index is 0.191. The molecule has 32 heavy (non-hydrogen) atoms. The predicted molar refractivity (Wildman–Crippen MR) is 127 cm³/mol. The third kappa shape index (κ3) is 3.91. The normalized spacial score (nSPS) is 10.6. The highest BCUT2D eigenvalue weighted by Crippen LogP contribution is 2.35. The van der Waals surface area contributed by atoms with Gasteiger partial charge in [-0.25, -0.2) is 15.0 Å². The van der Waals surface area contributed by atoms with Gasteiger partial charge in [0.25, 0.3) is 0 Å². The summed E-state index contributed by atoms with van der Waals surface area (Å²) in [4.78, 5) is 15.9. The van der Waals surface area contributed by atoms with Crippen LogP contribution in [0, 0.1) is 0 Å². The summed E-state index contributed by atoms with van der Waals surface area (Å²) >= 11 is 0. The Kier molecular flexibility index (Phi) is 5.29. The van der Waals surface area contributed by atoms with Gasteiger partial charge in [-0.05, 0) is 54.6 Å². The standard InChI is InChI=1S/C27H20N4O/c32-25-14-5-4-13-23(25)24-16-18-29-27(30-24)20-9-8-12-22(19-20)31(21-10-2-1-3-11-21)26-15-6-7-17-28-26/h1-19,32H. The van der Waals surface area contributed by atoms with Crippen LogP contribution in [0.1, 0.15) is 0 Å². The molecule has 0 atom stereocenters. The molecule has 5 nitrogen and oxygen atoms in total. The Labute approximate surface area is 186 Å². The quantitative estimate of drug-likeness (QED) is 0.360. The van der Waals surface area contributed by atoms with Crippen LogP contribution in [0.2, 0.25) is 0 Å². The largest absolute Gasteiger partial charge is 0.507 e. The van der Waals surface area contributed by atoms with Gasteiger partial charge >= 0.3 is 0 Å². The van der Waals surface area contributed by atoms with E-state index in [1.165, 1.54) is 0 Å². The number of anilines is 3. The van der Waals surface area contributed by atoms with Crippen LogP contribution in [-0.2, 0) is 0 Å². The molecule has 0 saturated carbocycles. The van der Waals surface area contributed by atoms with E-state index in [1.807, 2.05) is 72.8 Å². The summed E-state index contributed by atoms with van der Waals surface area (Å²) in [5.41, 5.74) is 4.17.